The Kier molecular flexibility index (Phi) is 8.21. The van der Waals surface area contributed by atoms with Crippen LogP contribution in [-0.2, 0) is 21.3 Å². The Bertz CT molecular complexity index is 535. The summed E-state index contributed by atoms with van der Waals surface area (Å²) < 4.78 is 26.9. The minimum absolute atomic E-state index is 0.196. The Hall–Kier alpha value is -1.40. The van der Waals surface area contributed by atoms with E-state index in [9.17, 15) is 13.2 Å². The average molecular weight is 315 g/mol. The van der Waals surface area contributed by atoms with Gasteiger partial charge in [-0.25, -0.2) is 0 Å². The molecule has 0 fully saturated rings. The van der Waals surface area contributed by atoms with E-state index in [1.165, 1.54) is 12.5 Å². The van der Waals surface area contributed by atoms with Crippen molar-refractivity contribution in [3.8, 4) is 0 Å². The third-order valence-electron chi connectivity index (χ3n) is 2.92. The number of carbonyl (C=O) groups excluding carboxylic acids is 1. The molecule has 1 rings (SSSR count). The number of benzene rings is 1. The molecule has 1 unspecified atom stereocenters. The summed E-state index contributed by atoms with van der Waals surface area (Å²) in [7, 11) is -3.66. The van der Waals surface area contributed by atoms with E-state index < -0.39 is 10.1 Å². The van der Waals surface area contributed by atoms with Crippen LogP contribution in [-0.4, -0.2) is 24.6 Å². The van der Waals surface area contributed by atoms with Gasteiger partial charge < -0.3 is 5.73 Å². The summed E-state index contributed by atoms with van der Waals surface area (Å²) in [5.41, 5.74) is 7.55. The second kappa shape index (κ2) is 8.79. The van der Waals surface area contributed by atoms with Gasteiger partial charge in [0, 0.05) is 0 Å². The van der Waals surface area contributed by atoms with Crippen LogP contribution in [0.5, 0.6) is 0 Å². The lowest BCUT2D eigenvalue weighted by atomic mass is 9.96. The summed E-state index contributed by atoms with van der Waals surface area (Å²) in [5, 5.41) is 0. The molecule has 1 aromatic rings. The molecule has 0 spiro atoms. The normalized spacial score (nSPS) is 12.5. The van der Waals surface area contributed by atoms with E-state index in [4.69, 9.17) is 10.3 Å². The van der Waals surface area contributed by atoms with Crippen LogP contribution in [0.2, 0.25) is 0 Å². The quantitative estimate of drug-likeness (QED) is 0.815. The van der Waals surface area contributed by atoms with Gasteiger partial charge in [-0.3, -0.25) is 9.35 Å². The van der Waals surface area contributed by atoms with E-state index in [1.54, 1.807) is 0 Å². The molecule has 6 heteroatoms. The molecule has 0 aromatic heterocycles. The SMILES string of the molecule is CC(C)Cc1ccc(C(C)C(N)=O)cc1.CCS(=O)(=O)O. The highest BCUT2D eigenvalue weighted by molar-refractivity contribution is 7.85. The lowest BCUT2D eigenvalue weighted by Crippen LogP contribution is -2.18. The van der Waals surface area contributed by atoms with Gasteiger partial charge in [-0.15, -0.1) is 0 Å². The van der Waals surface area contributed by atoms with Gasteiger partial charge in [0.25, 0.3) is 10.1 Å². The molecule has 3 N–H and O–H groups in total. The number of carbonyl (C=O) groups is 1. The smallest absolute Gasteiger partial charge is 0.264 e. The topological polar surface area (TPSA) is 97.5 Å². The first kappa shape index (κ1) is 19.6. The van der Waals surface area contributed by atoms with E-state index in [0.717, 1.165) is 12.0 Å². The van der Waals surface area contributed by atoms with E-state index in [2.05, 4.69) is 26.0 Å². The summed E-state index contributed by atoms with van der Waals surface area (Å²) in [6.07, 6.45) is 1.07. The van der Waals surface area contributed by atoms with Gasteiger partial charge in [-0.1, -0.05) is 38.1 Å². The Morgan fingerprint density at radius 3 is 1.90 bits per heavy atom. The van der Waals surface area contributed by atoms with Gasteiger partial charge in [0.1, 0.15) is 0 Å². The summed E-state index contributed by atoms with van der Waals surface area (Å²) in [6, 6.07) is 8.14. The van der Waals surface area contributed by atoms with Crippen LogP contribution in [0.4, 0.5) is 0 Å². The molecule has 0 saturated heterocycles. The highest BCUT2D eigenvalue weighted by Crippen LogP contribution is 2.16. The van der Waals surface area contributed by atoms with Crippen molar-refractivity contribution in [2.24, 2.45) is 11.7 Å². The molecule has 0 aliphatic carbocycles. The summed E-state index contributed by atoms with van der Waals surface area (Å²) >= 11 is 0. The Morgan fingerprint density at radius 2 is 1.62 bits per heavy atom. The lowest BCUT2D eigenvalue weighted by molar-refractivity contribution is -0.119. The van der Waals surface area contributed by atoms with Crippen molar-refractivity contribution in [2.75, 3.05) is 5.75 Å². The molecule has 0 aliphatic rings. The number of hydrogen-bond donors (Lipinski definition) is 2. The van der Waals surface area contributed by atoms with Gasteiger partial charge in [-0.05, 0) is 37.3 Å². The molecule has 120 valence electrons. The first-order valence-electron chi connectivity index (χ1n) is 6.90. The van der Waals surface area contributed by atoms with Gasteiger partial charge in [0.05, 0.1) is 11.7 Å². The fourth-order valence-corrected chi connectivity index (χ4v) is 1.58. The van der Waals surface area contributed by atoms with Crippen molar-refractivity contribution in [1.82, 2.24) is 0 Å². The van der Waals surface area contributed by atoms with Crippen molar-refractivity contribution in [3.05, 3.63) is 35.4 Å². The van der Waals surface area contributed by atoms with E-state index in [0.29, 0.717) is 5.92 Å². The molecule has 0 radical (unpaired) electrons. The molecule has 0 heterocycles. The minimum atomic E-state index is -3.66. The maximum absolute atomic E-state index is 11.0. The average Bonchev–Trinajstić information content (AvgIpc) is 2.38. The zero-order chi connectivity index (χ0) is 16.6. The fourth-order valence-electron chi connectivity index (χ4n) is 1.58. The number of primary amides is 1. The highest BCUT2D eigenvalue weighted by Gasteiger charge is 2.10. The maximum atomic E-state index is 11.0. The second-order valence-electron chi connectivity index (χ2n) is 5.33. The Labute approximate surface area is 127 Å². The second-order valence-corrected chi connectivity index (χ2v) is 7.08. The van der Waals surface area contributed by atoms with Gasteiger partial charge in [0.15, 0.2) is 0 Å². The predicted octanol–water partition coefficient (Wildman–Crippen LogP) is 2.37. The number of amides is 1. The predicted molar refractivity (Wildman–Crippen MR) is 84.7 cm³/mol. The molecule has 21 heavy (non-hydrogen) atoms. The molecule has 1 atom stereocenters. The monoisotopic (exact) mass is 315 g/mol. The zero-order valence-corrected chi connectivity index (χ0v) is 13.9. The molecular formula is C15H25NO4S. The fraction of sp³-hybridized carbons (Fsp3) is 0.533. The van der Waals surface area contributed by atoms with E-state index in [-0.39, 0.29) is 17.6 Å². The summed E-state index contributed by atoms with van der Waals surface area (Å²) in [6.45, 7) is 7.59. The van der Waals surface area contributed by atoms with Crippen LogP contribution in [0.1, 0.15) is 44.7 Å². The van der Waals surface area contributed by atoms with Gasteiger partial charge in [0.2, 0.25) is 5.91 Å². The zero-order valence-electron chi connectivity index (χ0n) is 13.0. The highest BCUT2D eigenvalue weighted by atomic mass is 32.2. The van der Waals surface area contributed by atoms with E-state index >= 15 is 0 Å². The Balaban J connectivity index is 0.000000567. The number of rotatable bonds is 5. The van der Waals surface area contributed by atoms with E-state index in [1.807, 2.05) is 19.1 Å². The van der Waals surface area contributed by atoms with Gasteiger partial charge >= 0.3 is 0 Å². The third-order valence-corrected chi connectivity index (χ3v) is 3.64. The van der Waals surface area contributed by atoms with Crippen molar-refractivity contribution in [3.63, 3.8) is 0 Å². The van der Waals surface area contributed by atoms with Crippen LogP contribution < -0.4 is 5.73 Å². The van der Waals surface area contributed by atoms with Crippen molar-refractivity contribution < 1.29 is 17.8 Å². The van der Waals surface area contributed by atoms with Crippen molar-refractivity contribution >= 4 is 16.0 Å². The van der Waals surface area contributed by atoms with Crippen LogP contribution >= 0.6 is 0 Å². The van der Waals surface area contributed by atoms with Crippen LogP contribution in [0, 0.1) is 5.92 Å². The van der Waals surface area contributed by atoms with Crippen LogP contribution in [0.15, 0.2) is 24.3 Å². The van der Waals surface area contributed by atoms with Gasteiger partial charge in [-0.2, -0.15) is 8.42 Å². The molecular weight excluding hydrogens is 290 g/mol. The number of nitrogens with two attached hydrogens (primary N) is 1. The lowest BCUT2D eigenvalue weighted by Gasteiger charge is -2.09. The summed E-state index contributed by atoms with van der Waals surface area (Å²) in [4.78, 5) is 11.0. The standard InChI is InChI=1S/C13H19NO.C2H6O3S/c1-9(2)8-11-4-6-12(7-5-11)10(3)13(14)15;1-2-6(3,4)5/h4-7,9-10H,8H2,1-3H3,(H2,14,15);2H2,1H3,(H,3,4,5). The largest absolute Gasteiger partial charge is 0.369 e. The van der Waals surface area contributed by atoms with Crippen molar-refractivity contribution in [1.29, 1.82) is 0 Å². The summed E-state index contributed by atoms with van der Waals surface area (Å²) in [5.74, 6) is -0.0124. The Morgan fingerprint density at radius 1 is 1.19 bits per heavy atom. The number of hydrogen-bond acceptors (Lipinski definition) is 3. The first-order chi connectivity index (χ1) is 9.56. The van der Waals surface area contributed by atoms with Crippen LogP contribution in [0.25, 0.3) is 0 Å². The molecule has 0 aliphatic heterocycles. The molecule has 1 amide bonds. The van der Waals surface area contributed by atoms with Crippen molar-refractivity contribution in [2.45, 2.75) is 40.0 Å². The first-order valence-corrected chi connectivity index (χ1v) is 8.51. The molecule has 0 bridgehead atoms. The molecule has 5 nitrogen and oxygen atoms in total. The maximum Gasteiger partial charge on any atom is 0.264 e. The molecule has 0 saturated carbocycles. The molecule has 1 aromatic carbocycles. The van der Waals surface area contributed by atoms with Crippen LogP contribution in [0.3, 0.4) is 0 Å². The minimum Gasteiger partial charge on any atom is -0.369 e. The third kappa shape index (κ3) is 9.20.